The molecule has 2 aromatic rings. The van der Waals surface area contributed by atoms with E-state index in [1.54, 1.807) is 0 Å². The van der Waals surface area contributed by atoms with E-state index < -0.39 is 58.3 Å². The molecule has 1 saturated heterocycles. The Labute approximate surface area is 295 Å². The molecule has 0 aromatic heterocycles. The summed E-state index contributed by atoms with van der Waals surface area (Å²) in [6.07, 6.45) is -16.3. The van der Waals surface area contributed by atoms with Crippen LogP contribution in [0.25, 0.3) is 0 Å². The topological polar surface area (TPSA) is 75.8 Å². The third-order valence-corrected chi connectivity index (χ3v) is 7.64. The molecule has 0 atom stereocenters. The van der Waals surface area contributed by atoms with Crippen LogP contribution in [-0.2, 0) is 24.7 Å². The average Bonchev–Trinajstić information content (AvgIpc) is 3.02. The van der Waals surface area contributed by atoms with E-state index in [-0.39, 0.29) is 42.0 Å². The summed E-state index contributed by atoms with van der Waals surface area (Å²) in [6, 6.07) is 2.12. The average molecular weight is 784 g/mol. The van der Waals surface area contributed by atoms with Gasteiger partial charge in [0, 0.05) is 50.6 Å². The standard InChI is InChI=1S/C30H33F12N7S2/c31-27(32,33)18-12-19(28(34,35)36)15-22(14-18)47-25(50)45-8-4-6-43-24(49-10-2-1-3-11-49)44-7-5-9-46-26(51)48-23-16-20(29(37,38)39)13-21(17-23)30(40,41)42/h12-17H,1-11H2,(H,43,44)(H2,45,47,50)(H2,46,48,51). The second-order valence-electron chi connectivity index (χ2n) is 11.2. The van der Waals surface area contributed by atoms with E-state index in [2.05, 4.69) is 31.6 Å². The summed E-state index contributed by atoms with van der Waals surface area (Å²) in [6.45, 7) is 2.52. The summed E-state index contributed by atoms with van der Waals surface area (Å²) in [5.74, 6) is 0.586. The Kier molecular flexibility index (Phi) is 14.4. The van der Waals surface area contributed by atoms with Crippen LogP contribution in [0.1, 0.15) is 54.4 Å². The number of thiocarbonyl (C=S) groups is 2. The maximum absolute atomic E-state index is 13.1. The highest BCUT2D eigenvalue weighted by Gasteiger charge is 2.38. The number of anilines is 2. The molecule has 1 fully saturated rings. The van der Waals surface area contributed by atoms with Crippen molar-refractivity contribution in [2.75, 3.05) is 49.9 Å². The molecule has 1 aliphatic rings. The third-order valence-electron chi connectivity index (χ3n) is 7.15. The van der Waals surface area contributed by atoms with Crippen LogP contribution in [0.5, 0.6) is 0 Å². The summed E-state index contributed by atoms with van der Waals surface area (Å²) >= 11 is 10.1. The summed E-state index contributed by atoms with van der Waals surface area (Å²) < 4.78 is 158. The maximum Gasteiger partial charge on any atom is 0.416 e. The zero-order chi connectivity index (χ0) is 38.0. The van der Waals surface area contributed by atoms with E-state index in [4.69, 9.17) is 24.4 Å². The maximum atomic E-state index is 13.1. The molecule has 0 aliphatic carbocycles. The highest BCUT2D eigenvalue weighted by atomic mass is 32.1. The van der Waals surface area contributed by atoms with Crippen molar-refractivity contribution in [3.63, 3.8) is 0 Å². The fourth-order valence-electron chi connectivity index (χ4n) is 4.73. The summed E-state index contributed by atoms with van der Waals surface area (Å²) in [7, 11) is 0. The fraction of sp³-hybridized carbons (Fsp3) is 0.500. The first-order chi connectivity index (χ1) is 23.6. The fourth-order valence-corrected chi connectivity index (χ4v) is 5.17. The van der Waals surface area contributed by atoms with E-state index in [0.717, 1.165) is 32.4 Å². The lowest BCUT2D eigenvalue weighted by molar-refractivity contribution is -0.144. The SMILES string of the molecule is FC(F)(F)c1cc(NC(=S)NCCCN=C(NCCCNC(=S)Nc2cc(C(F)(F)F)cc(C(F)(F)F)c2)N2CCCCC2)cc(C(F)(F)F)c1. The minimum atomic E-state index is -5.01. The molecule has 1 heterocycles. The second-order valence-corrected chi connectivity index (χ2v) is 12.1. The van der Waals surface area contributed by atoms with Gasteiger partial charge in [-0.15, -0.1) is 0 Å². The van der Waals surface area contributed by atoms with Gasteiger partial charge in [-0.25, -0.2) is 0 Å². The molecule has 1 aliphatic heterocycles. The van der Waals surface area contributed by atoms with Gasteiger partial charge < -0.3 is 31.5 Å². The van der Waals surface area contributed by atoms with Crippen LogP contribution in [0.2, 0.25) is 0 Å². The van der Waals surface area contributed by atoms with Crippen molar-refractivity contribution < 1.29 is 52.7 Å². The molecule has 7 nitrogen and oxygen atoms in total. The number of rotatable bonds is 10. The van der Waals surface area contributed by atoms with Crippen molar-refractivity contribution in [3.8, 4) is 0 Å². The van der Waals surface area contributed by atoms with Gasteiger partial charge in [0.2, 0.25) is 0 Å². The Hall–Kier alpha value is -3.75. The molecule has 0 spiro atoms. The first-order valence-electron chi connectivity index (χ1n) is 15.3. The summed E-state index contributed by atoms with van der Waals surface area (Å²) in [5, 5.41) is 13.0. The van der Waals surface area contributed by atoms with Crippen LogP contribution in [0, 0.1) is 0 Å². The van der Waals surface area contributed by atoms with Crippen molar-refractivity contribution in [1.82, 2.24) is 20.9 Å². The van der Waals surface area contributed by atoms with E-state index in [9.17, 15) is 52.7 Å². The largest absolute Gasteiger partial charge is 0.416 e. The van der Waals surface area contributed by atoms with Crippen molar-refractivity contribution in [2.24, 2.45) is 4.99 Å². The van der Waals surface area contributed by atoms with Gasteiger partial charge in [-0.05, 0) is 92.9 Å². The molecule has 21 heteroatoms. The molecule has 3 rings (SSSR count). The smallest absolute Gasteiger partial charge is 0.362 e. The second kappa shape index (κ2) is 17.6. The van der Waals surface area contributed by atoms with Crippen LogP contribution < -0.4 is 26.6 Å². The van der Waals surface area contributed by atoms with Crippen LogP contribution >= 0.6 is 24.4 Å². The van der Waals surface area contributed by atoms with Gasteiger partial charge in [0.05, 0.1) is 22.3 Å². The van der Waals surface area contributed by atoms with Gasteiger partial charge >= 0.3 is 24.7 Å². The first-order valence-corrected chi connectivity index (χ1v) is 16.2. The molecule has 2 aromatic carbocycles. The molecule has 0 radical (unpaired) electrons. The minimum absolute atomic E-state index is 0.0134. The van der Waals surface area contributed by atoms with Crippen molar-refractivity contribution in [2.45, 2.75) is 56.8 Å². The Morgan fingerprint density at radius 2 is 0.922 bits per heavy atom. The van der Waals surface area contributed by atoms with E-state index in [1.165, 1.54) is 0 Å². The van der Waals surface area contributed by atoms with Gasteiger partial charge in [0.1, 0.15) is 0 Å². The number of hydrogen-bond donors (Lipinski definition) is 5. The normalized spacial score (nSPS) is 14.6. The van der Waals surface area contributed by atoms with Crippen LogP contribution in [0.3, 0.4) is 0 Å². The Balaban J connectivity index is 1.48. The van der Waals surface area contributed by atoms with Gasteiger partial charge in [-0.3, -0.25) is 4.99 Å². The molecular formula is C30H33F12N7S2. The Morgan fingerprint density at radius 3 is 1.31 bits per heavy atom. The number of piperidine rings is 1. The number of halogens is 12. The molecule has 284 valence electrons. The lowest BCUT2D eigenvalue weighted by atomic mass is 10.1. The molecule has 0 bridgehead atoms. The lowest BCUT2D eigenvalue weighted by Crippen LogP contribution is -2.45. The Morgan fingerprint density at radius 1 is 0.549 bits per heavy atom. The lowest BCUT2D eigenvalue weighted by Gasteiger charge is -2.30. The zero-order valence-electron chi connectivity index (χ0n) is 26.5. The number of nitrogens with one attached hydrogen (secondary N) is 5. The van der Waals surface area contributed by atoms with Gasteiger partial charge in [-0.2, -0.15) is 52.7 Å². The number of likely N-dealkylation sites (tertiary alicyclic amines) is 1. The number of hydrogen-bond acceptors (Lipinski definition) is 3. The van der Waals surface area contributed by atoms with E-state index >= 15 is 0 Å². The molecule has 51 heavy (non-hydrogen) atoms. The molecule has 0 saturated carbocycles. The summed E-state index contributed by atoms with van der Waals surface area (Å²) in [5.41, 5.74) is -6.90. The van der Waals surface area contributed by atoms with E-state index in [1.807, 2.05) is 4.90 Å². The van der Waals surface area contributed by atoms with Crippen LogP contribution in [-0.4, -0.2) is 60.4 Å². The highest BCUT2D eigenvalue weighted by Crippen LogP contribution is 2.39. The van der Waals surface area contributed by atoms with Crippen molar-refractivity contribution in [3.05, 3.63) is 58.7 Å². The van der Waals surface area contributed by atoms with Gasteiger partial charge in [0.15, 0.2) is 16.2 Å². The highest BCUT2D eigenvalue weighted by molar-refractivity contribution is 7.80. The number of guanidine groups is 1. The molecule has 5 N–H and O–H groups in total. The predicted molar refractivity (Wildman–Crippen MR) is 176 cm³/mol. The molecule has 0 amide bonds. The van der Waals surface area contributed by atoms with Gasteiger partial charge in [-0.1, -0.05) is 0 Å². The first kappa shape index (κ1) is 41.7. The van der Waals surface area contributed by atoms with Crippen molar-refractivity contribution >= 4 is 52.0 Å². The minimum Gasteiger partial charge on any atom is -0.362 e. The summed E-state index contributed by atoms with van der Waals surface area (Å²) in [4.78, 5) is 6.63. The number of aliphatic imine (C=N–C) groups is 1. The molecule has 0 unspecified atom stereocenters. The predicted octanol–water partition coefficient (Wildman–Crippen LogP) is 8.25. The number of nitrogens with zero attached hydrogens (tertiary/aromatic N) is 2. The zero-order valence-corrected chi connectivity index (χ0v) is 28.1. The number of alkyl halides is 12. The van der Waals surface area contributed by atoms with E-state index in [0.29, 0.717) is 49.6 Å². The van der Waals surface area contributed by atoms with Crippen molar-refractivity contribution in [1.29, 1.82) is 0 Å². The number of benzene rings is 2. The van der Waals surface area contributed by atoms with Gasteiger partial charge in [0.25, 0.3) is 0 Å². The monoisotopic (exact) mass is 783 g/mol. The Bertz CT molecular complexity index is 1450. The quantitative estimate of drug-likeness (QED) is 0.0543. The third kappa shape index (κ3) is 14.1. The van der Waals surface area contributed by atoms with Crippen LogP contribution in [0.15, 0.2) is 41.4 Å². The molecular weight excluding hydrogens is 750 g/mol. The van der Waals surface area contributed by atoms with Crippen LogP contribution in [0.4, 0.5) is 64.1 Å².